The van der Waals surface area contributed by atoms with Crippen LogP contribution in [0.25, 0.3) is 0 Å². The second kappa shape index (κ2) is 7.59. The lowest BCUT2D eigenvalue weighted by Crippen LogP contribution is -2.38. The van der Waals surface area contributed by atoms with E-state index in [2.05, 4.69) is 25.3 Å². The summed E-state index contributed by atoms with van der Waals surface area (Å²) in [7, 11) is 0. The molecule has 1 aliphatic carbocycles. The minimum atomic E-state index is -2.92. The third-order valence-electron chi connectivity index (χ3n) is 3.34. The molecule has 0 spiro atoms. The average molecular weight is 344 g/mol. The van der Waals surface area contributed by atoms with Crippen LogP contribution >= 0.6 is 0 Å². The Morgan fingerprint density at radius 2 is 1.96 bits per heavy atom. The van der Waals surface area contributed by atoms with Crippen molar-refractivity contribution in [2.24, 2.45) is 0 Å². The zero-order valence-corrected chi connectivity index (χ0v) is 13.9. The van der Waals surface area contributed by atoms with Crippen LogP contribution in [0.15, 0.2) is 12.4 Å². The van der Waals surface area contributed by atoms with Gasteiger partial charge in [-0.2, -0.15) is 8.78 Å². The molecule has 1 aromatic heterocycles. The summed E-state index contributed by atoms with van der Waals surface area (Å²) in [6, 6.07) is 0.132. The van der Waals surface area contributed by atoms with Crippen LogP contribution < -0.4 is 15.4 Å². The molecule has 1 amide bonds. The third kappa shape index (κ3) is 6.13. The van der Waals surface area contributed by atoms with Crippen LogP contribution in [0.4, 0.5) is 19.4 Å². The number of anilines is 1. The Hall–Kier alpha value is -2.19. The maximum Gasteiger partial charge on any atom is 0.407 e. The molecule has 24 heavy (non-hydrogen) atoms. The number of amides is 1. The highest BCUT2D eigenvalue weighted by atomic mass is 19.3. The van der Waals surface area contributed by atoms with Gasteiger partial charge in [0.1, 0.15) is 11.4 Å². The highest BCUT2D eigenvalue weighted by Crippen LogP contribution is 2.23. The summed E-state index contributed by atoms with van der Waals surface area (Å²) >= 11 is 0. The molecule has 0 aromatic carbocycles. The second-order valence-electron chi connectivity index (χ2n) is 6.62. The van der Waals surface area contributed by atoms with E-state index in [1.54, 1.807) is 0 Å². The van der Waals surface area contributed by atoms with E-state index in [4.69, 9.17) is 4.74 Å². The molecule has 1 aromatic rings. The van der Waals surface area contributed by atoms with Crippen LogP contribution in [0.2, 0.25) is 0 Å². The number of alkyl halides is 2. The van der Waals surface area contributed by atoms with Crippen molar-refractivity contribution in [3.63, 3.8) is 0 Å². The summed E-state index contributed by atoms with van der Waals surface area (Å²) in [5, 5.41) is 6.01. The Kier molecular flexibility index (Phi) is 5.74. The minimum absolute atomic E-state index is 0.0201. The van der Waals surface area contributed by atoms with Gasteiger partial charge >= 0.3 is 12.7 Å². The van der Waals surface area contributed by atoms with Crippen molar-refractivity contribution < 1.29 is 23.0 Å². The van der Waals surface area contributed by atoms with Gasteiger partial charge in [-0.25, -0.2) is 14.8 Å². The lowest BCUT2D eigenvalue weighted by molar-refractivity contribution is -0.0531. The van der Waals surface area contributed by atoms with Gasteiger partial charge in [-0.15, -0.1) is 0 Å². The first-order valence-corrected chi connectivity index (χ1v) is 7.74. The predicted octanol–water partition coefficient (Wildman–Crippen LogP) is 2.94. The van der Waals surface area contributed by atoms with Gasteiger partial charge in [0.05, 0.1) is 12.4 Å². The van der Waals surface area contributed by atoms with E-state index in [0.29, 0.717) is 5.82 Å². The summed E-state index contributed by atoms with van der Waals surface area (Å²) in [6.45, 7) is 2.51. The molecule has 134 valence electrons. The monoisotopic (exact) mass is 344 g/mol. The number of carbonyl (C=O) groups excluding carboxylic acids is 1. The van der Waals surface area contributed by atoms with Gasteiger partial charge < -0.3 is 20.1 Å². The second-order valence-corrected chi connectivity index (χ2v) is 6.62. The van der Waals surface area contributed by atoms with Crippen LogP contribution in [0, 0.1) is 0 Å². The number of nitrogens with one attached hydrogen (secondary N) is 2. The Morgan fingerprint density at radius 3 is 2.54 bits per heavy atom. The van der Waals surface area contributed by atoms with Crippen molar-refractivity contribution in [2.75, 3.05) is 5.32 Å². The molecule has 1 fully saturated rings. The minimum Gasteiger partial charge on any atom is -0.444 e. The lowest BCUT2D eigenvalue weighted by Gasteiger charge is -2.21. The molecule has 2 rings (SSSR count). The molecular weight excluding hydrogens is 322 g/mol. The van der Waals surface area contributed by atoms with E-state index in [1.807, 2.05) is 20.8 Å². The van der Waals surface area contributed by atoms with Gasteiger partial charge in [0.2, 0.25) is 5.88 Å². The summed E-state index contributed by atoms with van der Waals surface area (Å²) < 4.78 is 33.5. The number of nitrogens with zero attached hydrogens (tertiary/aromatic N) is 2. The molecule has 9 heteroatoms. The average Bonchev–Trinajstić information content (AvgIpc) is 2.85. The maximum atomic E-state index is 12.0. The Morgan fingerprint density at radius 1 is 1.25 bits per heavy atom. The van der Waals surface area contributed by atoms with Crippen LogP contribution in [0.5, 0.6) is 5.88 Å². The molecule has 0 radical (unpaired) electrons. The molecule has 2 atom stereocenters. The van der Waals surface area contributed by atoms with Crippen molar-refractivity contribution >= 4 is 11.9 Å². The van der Waals surface area contributed by atoms with E-state index >= 15 is 0 Å². The van der Waals surface area contributed by atoms with Crippen molar-refractivity contribution in [2.45, 2.75) is 64.3 Å². The quantitative estimate of drug-likeness (QED) is 0.854. The van der Waals surface area contributed by atoms with Gasteiger partial charge in [0.15, 0.2) is 0 Å². The fraction of sp³-hybridized carbons (Fsp3) is 0.667. The summed E-state index contributed by atoms with van der Waals surface area (Å²) in [6.07, 6.45) is 4.43. The number of hydrogen-bond acceptors (Lipinski definition) is 6. The van der Waals surface area contributed by atoms with Crippen LogP contribution in [0.3, 0.4) is 0 Å². The number of aromatic nitrogens is 2. The standard InChI is InChI=1S/C15H22F2N4O3/c1-15(2,3)24-14(22)21-10-5-4-9(6-10)20-11-7-19-12(8-18-11)23-13(16)17/h7-10,13H,4-6H2,1-3H3,(H,18,20)(H,21,22)/t9-,10-/m0/s1. The Balaban J connectivity index is 1.78. The van der Waals surface area contributed by atoms with Gasteiger partial charge in [-0.1, -0.05) is 0 Å². The molecule has 2 N–H and O–H groups in total. The fourth-order valence-electron chi connectivity index (χ4n) is 2.47. The number of carbonyl (C=O) groups is 1. The van der Waals surface area contributed by atoms with Crippen LogP contribution in [-0.2, 0) is 4.74 Å². The van der Waals surface area contributed by atoms with E-state index in [1.165, 1.54) is 6.20 Å². The van der Waals surface area contributed by atoms with Crippen molar-refractivity contribution in [1.82, 2.24) is 15.3 Å². The SMILES string of the molecule is CC(C)(C)OC(=O)N[C@H]1CC[C@H](Nc2cnc(OC(F)F)cn2)C1. The largest absolute Gasteiger partial charge is 0.444 e. The highest BCUT2D eigenvalue weighted by molar-refractivity contribution is 5.68. The first-order chi connectivity index (χ1) is 11.2. The molecule has 1 aliphatic rings. The zero-order chi connectivity index (χ0) is 17.7. The number of hydrogen-bond donors (Lipinski definition) is 2. The zero-order valence-electron chi connectivity index (χ0n) is 13.9. The maximum absolute atomic E-state index is 12.0. The van der Waals surface area contributed by atoms with Crippen molar-refractivity contribution in [3.05, 3.63) is 12.4 Å². The number of ether oxygens (including phenoxy) is 2. The number of rotatable bonds is 5. The van der Waals surface area contributed by atoms with Crippen LogP contribution in [-0.4, -0.2) is 40.4 Å². The molecule has 7 nitrogen and oxygen atoms in total. The Labute approximate surface area is 139 Å². The van der Waals surface area contributed by atoms with Crippen LogP contribution in [0.1, 0.15) is 40.0 Å². The molecule has 0 bridgehead atoms. The van der Waals surface area contributed by atoms with E-state index in [9.17, 15) is 13.6 Å². The Bertz CT molecular complexity index is 549. The first kappa shape index (κ1) is 18.2. The summed E-state index contributed by atoms with van der Waals surface area (Å²) in [5.41, 5.74) is -0.530. The molecular formula is C15H22F2N4O3. The van der Waals surface area contributed by atoms with Gasteiger partial charge in [0.25, 0.3) is 0 Å². The van der Waals surface area contributed by atoms with Crippen molar-refractivity contribution in [3.8, 4) is 5.88 Å². The molecule has 0 unspecified atom stereocenters. The third-order valence-corrected chi connectivity index (χ3v) is 3.34. The molecule has 0 saturated heterocycles. The predicted molar refractivity (Wildman–Crippen MR) is 83.1 cm³/mol. The fourth-order valence-corrected chi connectivity index (χ4v) is 2.47. The van der Waals surface area contributed by atoms with E-state index in [0.717, 1.165) is 25.5 Å². The smallest absolute Gasteiger partial charge is 0.407 e. The number of alkyl carbamates (subject to hydrolysis) is 1. The van der Waals surface area contributed by atoms with Gasteiger partial charge in [0, 0.05) is 12.1 Å². The van der Waals surface area contributed by atoms with E-state index in [-0.39, 0.29) is 18.0 Å². The summed E-state index contributed by atoms with van der Waals surface area (Å²) in [4.78, 5) is 19.5. The molecule has 1 saturated carbocycles. The molecule has 1 heterocycles. The highest BCUT2D eigenvalue weighted by Gasteiger charge is 2.27. The lowest BCUT2D eigenvalue weighted by atomic mass is 10.2. The van der Waals surface area contributed by atoms with Gasteiger partial charge in [-0.3, -0.25) is 0 Å². The summed E-state index contributed by atoms with van der Waals surface area (Å²) in [5.74, 6) is 0.242. The van der Waals surface area contributed by atoms with E-state index < -0.39 is 18.3 Å². The van der Waals surface area contributed by atoms with Gasteiger partial charge in [-0.05, 0) is 40.0 Å². The van der Waals surface area contributed by atoms with Crippen molar-refractivity contribution in [1.29, 1.82) is 0 Å². The number of halogens is 2. The first-order valence-electron chi connectivity index (χ1n) is 7.74. The molecule has 0 aliphatic heterocycles. The topological polar surface area (TPSA) is 85.4 Å². The normalized spacial score (nSPS) is 20.8.